The zero-order chi connectivity index (χ0) is 14.5. The molecule has 1 heterocycles. The van der Waals surface area contributed by atoms with Crippen molar-refractivity contribution < 1.29 is 9.90 Å². The second kappa shape index (κ2) is 6.90. The van der Waals surface area contributed by atoms with Gasteiger partial charge in [-0.1, -0.05) is 28.9 Å². The lowest BCUT2D eigenvalue weighted by molar-refractivity contribution is -0.131. The van der Waals surface area contributed by atoms with Crippen LogP contribution in [-0.4, -0.2) is 48.7 Å². The van der Waals surface area contributed by atoms with Gasteiger partial charge in [-0.05, 0) is 30.3 Å². The summed E-state index contributed by atoms with van der Waals surface area (Å²) in [6, 6.07) is 6.06. The summed E-state index contributed by atoms with van der Waals surface area (Å²) in [5, 5.41) is 8.66. The Kier molecular flexibility index (Phi) is 5.20. The van der Waals surface area contributed by atoms with E-state index in [9.17, 15) is 4.79 Å². The minimum atomic E-state index is -0.934. The van der Waals surface area contributed by atoms with E-state index in [4.69, 9.17) is 5.11 Å². The van der Waals surface area contributed by atoms with E-state index in [0.717, 1.165) is 48.8 Å². The number of piperazine rings is 1. The third-order valence-electron chi connectivity index (χ3n) is 3.57. The van der Waals surface area contributed by atoms with Crippen LogP contribution < -0.4 is 4.90 Å². The molecule has 108 valence electrons. The molecular weight excluding hydrogens is 320 g/mol. The molecule has 4 nitrogen and oxygen atoms in total. The fraction of sp³-hybridized carbons (Fsp3) is 0.400. The van der Waals surface area contributed by atoms with Crippen LogP contribution in [-0.2, 0) is 4.79 Å². The van der Waals surface area contributed by atoms with Gasteiger partial charge in [0.05, 0.1) is 0 Å². The molecule has 0 bridgehead atoms. The largest absolute Gasteiger partial charge is 0.478 e. The lowest BCUT2D eigenvalue weighted by Gasteiger charge is -2.35. The minimum Gasteiger partial charge on any atom is -0.478 e. The van der Waals surface area contributed by atoms with Gasteiger partial charge in [-0.3, -0.25) is 0 Å². The van der Waals surface area contributed by atoms with Gasteiger partial charge in [0.2, 0.25) is 0 Å². The summed E-state index contributed by atoms with van der Waals surface area (Å²) in [7, 11) is 0. The van der Waals surface area contributed by atoms with Gasteiger partial charge >= 0.3 is 5.97 Å². The van der Waals surface area contributed by atoms with Crippen molar-refractivity contribution in [2.75, 3.05) is 37.6 Å². The average molecular weight is 339 g/mol. The number of carboxylic acids is 1. The number of hydrogen-bond acceptors (Lipinski definition) is 3. The quantitative estimate of drug-likeness (QED) is 0.857. The van der Waals surface area contributed by atoms with Crippen LogP contribution in [0.1, 0.15) is 12.5 Å². The van der Waals surface area contributed by atoms with E-state index in [2.05, 4.69) is 38.7 Å². The Morgan fingerprint density at radius 3 is 2.60 bits per heavy atom. The minimum absolute atomic E-state index is 0.878. The monoisotopic (exact) mass is 338 g/mol. The second-order valence-corrected chi connectivity index (χ2v) is 5.65. The van der Waals surface area contributed by atoms with Crippen LogP contribution >= 0.6 is 15.9 Å². The predicted molar refractivity (Wildman–Crippen MR) is 85.1 cm³/mol. The van der Waals surface area contributed by atoms with Gasteiger partial charge in [0.15, 0.2) is 0 Å². The zero-order valence-electron chi connectivity index (χ0n) is 11.6. The number of hydrogen-bond donors (Lipinski definition) is 1. The van der Waals surface area contributed by atoms with Gasteiger partial charge in [0.1, 0.15) is 0 Å². The summed E-state index contributed by atoms with van der Waals surface area (Å²) in [4.78, 5) is 15.3. The Morgan fingerprint density at radius 2 is 2.05 bits per heavy atom. The summed E-state index contributed by atoms with van der Waals surface area (Å²) < 4.78 is 0.922. The lowest BCUT2D eigenvalue weighted by atomic mass is 10.1. The number of aliphatic carboxylic acids is 1. The highest BCUT2D eigenvalue weighted by atomic mass is 79.9. The first-order valence-corrected chi connectivity index (χ1v) is 7.57. The topological polar surface area (TPSA) is 43.8 Å². The molecule has 0 aliphatic carbocycles. The number of rotatable bonds is 4. The van der Waals surface area contributed by atoms with E-state index in [1.165, 1.54) is 5.69 Å². The maximum Gasteiger partial charge on any atom is 0.328 e. The number of likely N-dealkylation sites (N-methyl/N-ethyl adjacent to an activating group) is 1. The van der Waals surface area contributed by atoms with E-state index >= 15 is 0 Å². The zero-order valence-corrected chi connectivity index (χ0v) is 13.1. The maximum absolute atomic E-state index is 10.5. The summed E-state index contributed by atoms with van der Waals surface area (Å²) in [5.41, 5.74) is 2.06. The molecule has 1 aliphatic heterocycles. The normalized spacial score (nSPS) is 16.8. The maximum atomic E-state index is 10.5. The molecule has 20 heavy (non-hydrogen) atoms. The van der Waals surface area contributed by atoms with E-state index < -0.39 is 5.97 Å². The second-order valence-electron chi connectivity index (χ2n) is 4.80. The van der Waals surface area contributed by atoms with Crippen molar-refractivity contribution in [3.05, 3.63) is 34.3 Å². The Balaban J connectivity index is 2.07. The van der Waals surface area contributed by atoms with E-state index in [-0.39, 0.29) is 0 Å². The molecule has 0 radical (unpaired) electrons. The molecule has 0 spiro atoms. The first kappa shape index (κ1) is 15.1. The number of benzene rings is 1. The van der Waals surface area contributed by atoms with Crippen LogP contribution in [0.25, 0.3) is 6.08 Å². The number of nitrogens with zero attached hydrogens (tertiary/aromatic N) is 2. The molecule has 0 aromatic heterocycles. The molecule has 1 N–H and O–H groups in total. The third-order valence-corrected chi connectivity index (χ3v) is 4.26. The third kappa shape index (κ3) is 3.84. The molecule has 1 fully saturated rings. The van der Waals surface area contributed by atoms with Gasteiger partial charge in [0, 0.05) is 42.4 Å². The van der Waals surface area contributed by atoms with Crippen molar-refractivity contribution in [1.82, 2.24) is 4.90 Å². The SMILES string of the molecule is CCN1CCN(c2ccc(/C=C/C(=O)O)c(Br)c2)CC1. The van der Waals surface area contributed by atoms with Gasteiger partial charge in [-0.2, -0.15) is 0 Å². The molecule has 0 saturated carbocycles. The first-order chi connectivity index (χ1) is 9.60. The predicted octanol–water partition coefficient (Wildman–Crippen LogP) is 2.69. The van der Waals surface area contributed by atoms with Crippen molar-refractivity contribution >= 4 is 33.7 Å². The van der Waals surface area contributed by atoms with Crippen LogP contribution in [0.5, 0.6) is 0 Å². The van der Waals surface area contributed by atoms with Crippen LogP contribution in [0.3, 0.4) is 0 Å². The van der Waals surface area contributed by atoms with Crippen molar-refractivity contribution in [2.45, 2.75) is 6.92 Å². The molecule has 1 aromatic carbocycles. The fourth-order valence-corrected chi connectivity index (χ4v) is 2.83. The molecule has 1 aromatic rings. The number of halogens is 1. The Labute approximate surface area is 127 Å². The van der Waals surface area contributed by atoms with Crippen molar-refractivity contribution in [1.29, 1.82) is 0 Å². The molecule has 0 unspecified atom stereocenters. The summed E-state index contributed by atoms with van der Waals surface area (Å²) in [5.74, 6) is -0.934. The molecule has 1 saturated heterocycles. The van der Waals surface area contributed by atoms with Gasteiger partial charge in [0.25, 0.3) is 0 Å². The highest BCUT2D eigenvalue weighted by Crippen LogP contribution is 2.26. The van der Waals surface area contributed by atoms with Crippen molar-refractivity contribution in [3.63, 3.8) is 0 Å². The molecular formula is C15H19BrN2O2. The molecule has 5 heteroatoms. The highest BCUT2D eigenvalue weighted by Gasteiger charge is 2.16. The number of carbonyl (C=O) groups is 1. The van der Waals surface area contributed by atoms with Crippen molar-refractivity contribution in [2.24, 2.45) is 0 Å². The van der Waals surface area contributed by atoms with E-state index in [1.54, 1.807) is 6.08 Å². The standard InChI is InChI=1S/C15H19BrN2O2/c1-2-17-7-9-18(10-8-17)13-5-3-12(14(16)11-13)4-6-15(19)20/h3-6,11H,2,7-10H2,1H3,(H,19,20)/b6-4+. The summed E-state index contributed by atoms with van der Waals surface area (Å²) in [6.07, 6.45) is 2.75. The van der Waals surface area contributed by atoms with Gasteiger partial charge in [-0.25, -0.2) is 4.79 Å². The number of carboxylic acid groups (broad SMARTS) is 1. The number of anilines is 1. The van der Waals surface area contributed by atoms with Gasteiger partial charge < -0.3 is 14.9 Å². The van der Waals surface area contributed by atoms with E-state index in [1.807, 2.05) is 12.1 Å². The molecule has 0 atom stereocenters. The van der Waals surface area contributed by atoms with Crippen molar-refractivity contribution in [3.8, 4) is 0 Å². The smallest absolute Gasteiger partial charge is 0.328 e. The van der Waals surface area contributed by atoms with E-state index in [0.29, 0.717) is 0 Å². The summed E-state index contributed by atoms with van der Waals surface area (Å²) >= 11 is 3.51. The van der Waals surface area contributed by atoms with Gasteiger partial charge in [-0.15, -0.1) is 0 Å². The fourth-order valence-electron chi connectivity index (χ4n) is 2.33. The lowest BCUT2D eigenvalue weighted by Crippen LogP contribution is -2.46. The van der Waals surface area contributed by atoms with Crippen LogP contribution in [0.4, 0.5) is 5.69 Å². The Bertz CT molecular complexity index is 509. The highest BCUT2D eigenvalue weighted by molar-refractivity contribution is 9.10. The Morgan fingerprint density at radius 1 is 1.35 bits per heavy atom. The van der Waals surface area contributed by atoms with Crippen LogP contribution in [0.2, 0.25) is 0 Å². The average Bonchev–Trinajstić information content (AvgIpc) is 2.46. The first-order valence-electron chi connectivity index (χ1n) is 6.78. The van der Waals surface area contributed by atoms with Crippen LogP contribution in [0, 0.1) is 0 Å². The Hall–Kier alpha value is -1.33. The molecule has 2 rings (SSSR count). The molecule has 0 amide bonds. The summed E-state index contributed by atoms with van der Waals surface area (Å²) in [6.45, 7) is 7.55. The van der Waals surface area contributed by atoms with Crippen LogP contribution in [0.15, 0.2) is 28.7 Å². The molecule has 1 aliphatic rings.